The van der Waals surface area contributed by atoms with E-state index in [-0.39, 0.29) is 11.8 Å². The van der Waals surface area contributed by atoms with E-state index in [1.54, 1.807) is 17.3 Å². The van der Waals surface area contributed by atoms with Gasteiger partial charge in [0.05, 0.1) is 30.4 Å². The molecule has 1 fully saturated rings. The van der Waals surface area contributed by atoms with Gasteiger partial charge in [0, 0.05) is 31.7 Å². The molecule has 2 aromatic carbocycles. The molecule has 1 saturated heterocycles. The lowest BCUT2D eigenvalue weighted by Crippen LogP contribution is -2.51. The summed E-state index contributed by atoms with van der Waals surface area (Å²) < 4.78 is 5.43. The second kappa shape index (κ2) is 8.34. The summed E-state index contributed by atoms with van der Waals surface area (Å²) >= 11 is 0. The number of carbonyl (C=O) groups excluding carboxylic acids is 2. The third kappa shape index (κ3) is 4.23. The first-order valence-electron chi connectivity index (χ1n) is 9.86. The summed E-state index contributed by atoms with van der Waals surface area (Å²) in [5, 5.41) is 0. The maximum atomic E-state index is 12.8. The smallest absolute Gasteiger partial charge is 0.254 e. The van der Waals surface area contributed by atoms with Crippen molar-refractivity contribution in [3.63, 3.8) is 0 Å². The van der Waals surface area contributed by atoms with E-state index in [9.17, 15) is 9.59 Å². The molecular weight excluding hydrogens is 368 g/mol. The van der Waals surface area contributed by atoms with Crippen LogP contribution in [0.4, 0.5) is 0 Å². The van der Waals surface area contributed by atoms with Gasteiger partial charge in [-0.05, 0) is 42.8 Å². The number of nitrogens with one attached hydrogen (secondary N) is 1. The van der Waals surface area contributed by atoms with Crippen molar-refractivity contribution in [1.82, 2.24) is 19.8 Å². The summed E-state index contributed by atoms with van der Waals surface area (Å²) in [5.41, 5.74) is 3.28. The Morgan fingerprint density at radius 3 is 2.48 bits per heavy atom. The van der Waals surface area contributed by atoms with E-state index in [0.717, 1.165) is 22.3 Å². The topological polar surface area (TPSA) is 78.5 Å². The molecule has 1 aliphatic heterocycles. The highest BCUT2D eigenvalue weighted by Crippen LogP contribution is 2.16. The molecular formula is C22H24N4O3. The summed E-state index contributed by atoms with van der Waals surface area (Å²) in [5.74, 6) is 0.879. The Kier molecular flexibility index (Phi) is 5.46. The fourth-order valence-electron chi connectivity index (χ4n) is 3.57. The normalized spacial score (nSPS) is 14.2. The van der Waals surface area contributed by atoms with Crippen LogP contribution in [0.3, 0.4) is 0 Å². The maximum absolute atomic E-state index is 12.8. The molecule has 2 amide bonds. The first-order valence-corrected chi connectivity index (χ1v) is 9.86. The molecule has 1 N–H and O–H groups in total. The van der Waals surface area contributed by atoms with E-state index in [4.69, 9.17) is 4.74 Å². The Morgan fingerprint density at radius 2 is 1.76 bits per heavy atom. The summed E-state index contributed by atoms with van der Waals surface area (Å²) in [6.45, 7) is 4.74. The molecule has 7 heteroatoms. The van der Waals surface area contributed by atoms with Crippen LogP contribution in [0.5, 0.6) is 5.75 Å². The molecule has 0 radical (unpaired) electrons. The van der Waals surface area contributed by atoms with Crippen molar-refractivity contribution < 1.29 is 14.3 Å². The average molecular weight is 392 g/mol. The van der Waals surface area contributed by atoms with Crippen molar-refractivity contribution in [2.45, 2.75) is 13.3 Å². The highest BCUT2D eigenvalue weighted by Gasteiger charge is 2.25. The van der Waals surface area contributed by atoms with Crippen LogP contribution in [-0.2, 0) is 11.2 Å². The Balaban J connectivity index is 1.32. The van der Waals surface area contributed by atoms with Crippen molar-refractivity contribution in [3.8, 4) is 5.75 Å². The van der Waals surface area contributed by atoms with Crippen LogP contribution >= 0.6 is 0 Å². The monoisotopic (exact) mass is 392 g/mol. The summed E-state index contributed by atoms with van der Waals surface area (Å²) in [7, 11) is 0. The Bertz CT molecular complexity index is 1000. The molecule has 0 atom stereocenters. The number of H-pyrrole nitrogens is 1. The van der Waals surface area contributed by atoms with Gasteiger partial charge in [-0.1, -0.05) is 12.1 Å². The molecule has 0 bridgehead atoms. The third-order valence-corrected chi connectivity index (χ3v) is 5.18. The number of nitrogens with zero attached hydrogens (tertiary/aromatic N) is 3. The van der Waals surface area contributed by atoms with Crippen LogP contribution in [0.1, 0.15) is 22.8 Å². The molecule has 0 saturated carbocycles. The molecule has 3 aromatic rings. The van der Waals surface area contributed by atoms with Crippen molar-refractivity contribution in [1.29, 1.82) is 0 Å². The highest BCUT2D eigenvalue weighted by atomic mass is 16.5. The first-order chi connectivity index (χ1) is 14.1. The number of ether oxygens (including phenoxy) is 1. The number of aromatic nitrogens is 2. The van der Waals surface area contributed by atoms with Crippen LogP contribution in [0.15, 0.2) is 48.8 Å². The largest absolute Gasteiger partial charge is 0.494 e. The third-order valence-electron chi connectivity index (χ3n) is 5.18. The van der Waals surface area contributed by atoms with Gasteiger partial charge in [0.1, 0.15) is 5.75 Å². The molecule has 150 valence electrons. The van der Waals surface area contributed by atoms with E-state index >= 15 is 0 Å². The number of fused-ring (bicyclic) bond motifs is 1. The molecule has 29 heavy (non-hydrogen) atoms. The van der Waals surface area contributed by atoms with Gasteiger partial charge in [-0.2, -0.15) is 0 Å². The lowest BCUT2D eigenvalue weighted by atomic mass is 10.1. The predicted molar refractivity (Wildman–Crippen MR) is 110 cm³/mol. The van der Waals surface area contributed by atoms with Crippen molar-refractivity contribution in [2.24, 2.45) is 0 Å². The van der Waals surface area contributed by atoms with Crippen LogP contribution in [-0.4, -0.2) is 64.4 Å². The van der Waals surface area contributed by atoms with E-state index < -0.39 is 0 Å². The Labute approximate surface area is 169 Å². The highest BCUT2D eigenvalue weighted by molar-refractivity contribution is 5.97. The molecule has 0 spiro atoms. The van der Waals surface area contributed by atoms with Gasteiger partial charge in [0.2, 0.25) is 5.91 Å². The summed E-state index contributed by atoms with van der Waals surface area (Å²) in [6.07, 6.45) is 1.98. The van der Waals surface area contributed by atoms with E-state index in [0.29, 0.717) is 44.8 Å². The second-order valence-electron chi connectivity index (χ2n) is 7.06. The Morgan fingerprint density at radius 1 is 1.03 bits per heavy atom. The average Bonchev–Trinajstić information content (AvgIpc) is 3.23. The molecule has 0 unspecified atom stereocenters. The van der Waals surface area contributed by atoms with Crippen molar-refractivity contribution in [3.05, 3.63) is 59.9 Å². The minimum absolute atomic E-state index is 0.0138. The number of rotatable bonds is 5. The standard InChI is InChI=1S/C22H24N4O3/c1-2-29-18-6-3-16(4-7-18)13-21(27)25-9-11-26(12-10-25)22(28)17-5-8-19-20(14-17)24-15-23-19/h3-8,14-15H,2,9-13H2,1H3,(H,23,24). The number of amides is 2. The van der Waals surface area contributed by atoms with Crippen LogP contribution in [0.2, 0.25) is 0 Å². The number of imidazole rings is 1. The maximum Gasteiger partial charge on any atom is 0.254 e. The Hall–Kier alpha value is -3.35. The van der Waals surface area contributed by atoms with Gasteiger partial charge >= 0.3 is 0 Å². The number of hydrogen-bond acceptors (Lipinski definition) is 4. The molecule has 1 aromatic heterocycles. The molecule has 4 rings (SSSR count). The van der Waals surface area contributed by atoms with Crippen LogP contribution in [0.25, 0.3) is 11.0 Å². The van der Waals surface area contributed by atoms with Gasteiger partial charge in [-0.3, -0.25) is 9.59 Å². The molecule has 2 heterocycles. The summed E-state index contributed by atoms with van der Waals surface area (Å²) in [6, 6.07) is 13.1. The number of piperazine rings is 1. The lowest BCUT2D eigenvalue weighted by molar-refractivity contribution is -0.131. The molecule has 1 aliphatic rings. The SMILES string of the molecule is CCOc1ccc(CC(=O)N2CCN(C(=O)c3ccc4nc[nH]c4c3)CC2)cc1. The van der Waals surface area contributed by atoms with Crippen LogP contribution < -0.4 is 4.74 Å². The van der Waals surface area contributed by atoms with Crippen molar-refractivity contribution in [2.75, 3.05) is 32.8 Å². The van der Waals surface area contributed by atoms with E-state index in [1.807, 2.05) is 48.2 Å². The number of aromatic amines is 1. The molecule has 7 nitrogen and oxygen atoms in total. The molecule has 0 aliphatic carbocycles. The minimum Gasteiger partial charge on any atom is -0.494 e. The number of carbonyl (C=O) groups is 2. The zero-order valence-electron chi connectivity index (χ0n) is 16.4. The zero-order chi connectivity index (χ0) is 20.2. The van der Waals surface area contributed by atoms with Gasteiger partial charge in [0.25, 0.3) is 5.91 Å². The lowest BCUT2D eigenvalue weighted by Gasteiger charge is -2.35. The van der Waals surface area contributed by atoms with Crippen LogP contribution in [0, 0.1) is 0 Å². The van der Waals surface area contributed by atoms with Gasteiger partial charge < -0.3 is 19.5 Å². The first kappa shape index (κ1) is 19.0. The number of hydrogen-bond donors (Lipinski definition) is 1. The zero-order valence-corrected chi connectivity index (χ0v) is 16.4. The quantitative estimate of drug-likeness (QED) is 0.724. The predicted octanol–water partition coefficient (Wildman–Crippen LogP) is 2.49. The summed E-state index contributed by atoms with van der Waals surface area (Å²) in [4.78, 5) is 36.3. The number of benzene rings is 2. The minimum atomic E-state index is -0.0138. The van der Waals surface area contributed by atoms with E-state index in [2.05, 4.69) is 9.97 Å². The van der Waals surface area contributed by atoms with Crippen molar-refractivity contribution >= 4 is 22.8 Å². The fraction of sp³-hybridized carbons (Fsp3) is 0.318. The van der Waals surface area contributed by atoms with Gasteiger partial charge in [0.15, 0.2) is 0 Å². The fourth-order valence-corrected chi connectivity index (χ4v) is 3.57. The van der Waals surface area contributed by atoms with Gasteiger partial charge in [-0.25, -0.2) is 4.98 Å². The van der Waals surface area contributed by atoms with Gasteiger partial charge in [-0.15, -0.1) is 0 Å². The van der Waals surface area contributed by atoms with E-state index in [1.165, 1.54) is 0 Å². The second-order valence-corrected chi connectivity index (χ2v) is 7.06.